The number of methoxy groups -OCH3 is 1. The topological polar surface area (TPSA) is 79.0 Å². The van der Waals surface area contributed by atoms with E-state index in [1.54, 1.807) is 30.3 Å². The maximum atomic E-state index is 13.6. The van der Waals surface area contributed by atoms with Crippen LogP contribution in [0.2, 0.25) is 5.02 Å². The third kappa shape index (κ3) is 6.37. The molecule has 1 heterocycles. The highest BCUT2D eigenvalue weighted by atomic mass is 35.5. The average Bonchev–Trinajstić information content (AvgIpc) is 3.40. The molecule has 0 radical (unpaired) electrons. The fourth-order valence-electron chi connectivity index (χ4n) is 4.30. The van der Waals surface area contributed by atoms with Crippen molar-refractivity contribution in [3.8, 4) is 5.75 Å². The molecule has 0 aliphatic carbocycles. The van der Waals surface area contributed by atoms with Crippen LogP contribution in [0.15, 0.2) is 77.7 Å². The lowest BCUT2D eigenvalue weighted by Gasteiger charge is -2.26. The van der Waals surface area contributed by atoms with Gasteiger partial charge in [-0.05, 0) is 67.4 Å². The number of sulfonamides is 1. The Balaban J connectivity index is 1.53. The monoisotopic (exact) mass is 527 g/mol. The fraction of sp³-hybridized carbons (Fsp3) is 0.296. The van der Waals surface area contributed by atoms with Gasteiger partial charge in [0.1, 0.15) is 12.3 Å². The zero-order chi connectivity index (χ0) is 25.5. The Morgan fingerprint density at radius 3 is 2.44 bits per heavy atom. The van der Waals surface area contributed by atoms with Crippen molar-refractivity contribution in [1.82, 2.24) is 10.2 Å². The molecule has 0 bridgehead atoms. The predicted octanol–water partition coefficient (Wildman–Crippen LogP) is 4.46. The number of halogens is 1. The van der Waals surface area contributed by atoms with Crippen LogP contribution in [0.3, 0.4) is 0 Å². The molecule has 1 aliphatic heterocycles. The Morgan fingerprint density at radius 1 is 1.00 bits per heavy atom. The number of likely N-dealkylation sites (tertiary alicyclic amines) is 1. The molecule has 1 fully saturated rings. The van der Waals surface area contributed by atoms with E-state index in [1.165, 1.54) is 43.7 Å². The van der Waals surface area contributed by atoms with Gasteiger partial charge in [0.2, 0.25) is 5.91 Å². The number of hydrogen-bond donors (Lipinski definition) is 1. The van der Waals surface area contributed by atoms with Crippen LogP contribution in [0.1, 0.15) is 24.0 Å². The number of nitrogens with one attached hydrogen (secondary N) is 1. The first-order chi connectivity index (χ1) is 17.4. The number of nitrogens with zero attached hydrogens (tertiary/aromatic N) is 2. The van der Waals surface area contributed by atoms with Gasteiger partial charge in [-0.25, -0.2) is 8.42 Å². The van der Waals surface area contributed by atoms with E-state index in [9.17, 15) is 13.2 Å². The van der Waals surface area contributed by atoms with Crippen LogP contribution in [-0.4, -0.2) is 46.0 Å². The zero-order valence-electron chi connectivity index (χ0n) is 20.2. The number of amides is 1. The van der Waals surface area contributed by atoms with Crippen molar-refractivity contribution in [2.75, 3.05) is 31.0 Å². The molecule has 0 unspecified atom stereocenters. The summed E-state index contributed by atoms with van der Waals surface area (Å²) in [5.74, 6) is -0.150. The Labute approximate surface area is 217 Å². The summed E-state index contributed by atoms with van der Waals surface area (Å²) in [5, 5.41) is 3.19. The second-order valence-electron chi connectivity index (χ2n) is 8.72. The lowest BCUT2D eigenvalue weighted by atomic mass is 10.1. The fourth-order valence-corrected chi connectivity index (χ4v) is 5.91. The summed E-state index contributed by atoms with van der Waals surface area (Å²) in [5.41, 5.74) is 2.34. The van der Waals surface area contributed by atoms with Crippen molar-refractivity contribution in [1.29, 1.82) is 0 Å². The molecule has 1 amide bonds. The number of ether oxygens (including phenoxy) is 1. The van der Waals surface area contributed by atoms with Crippen LogP contribution in [0.5, 0.6) is 5.75 Å². The third-order valence-corrected chi connectivity index (χ3v) is 8.12. The molecule has 0 saturated carbocycles. The van der Waals surface area contributed by atoms with Gasteiger partial charge in [-0.2, -0.15) is 0 Å². The van der Waals surface area contributed by atoms with Gasteiger partial charge >= 0.3 is 0 Å². The average molecular weight is 528 g/mol. The van der Waals surface area contributed by atoms with Gasteiger partial charge in [0.25, 0.3) is 10.0 Å². The van der Waals surface area contributed by atoms with Crippen molar-refractivity contribution >= 4 is 33.2 Å². The van der Waals surface area contributed by atoms with Crippen LogP contribution in [-0.2, 0) is 27.9 Å². The summed E-state index contributed by atoms with van der Waals surface area (Å²) in [7, 11) is -2.63. The summed E-state index contributed by atoms with van der Waals surface area (Å²) in [6.45, 7) is 2.97. The SMILES string of the molecule is COc1ccc(Cl)cc1N(CC(=O)NCc1cccc(CN2CCCC2)c1)S(=O)(=O)c1ccccc1. The molecular formula is C27H30ClN3O4S. The summed E-state index contributed by atoms with van der Waals surface area (Å²) in [4.78, 5) is 15.5. The van der Waals surface area contributed by atoms with Crippen molar-refractivity contribution in [2.45, 2.75) is 30.8 Å². The minimum absolute atomic E-state index is 0.0643. The molecule has 0 aromatic heterocycles. The highest BCUT2D eigenvalue weighted by Gasteiger charge is 2.29. The van der Waals surface area contributed by atoms with E-state index in [-0.39, 0.29) is 10.6 Å². The molecule has 9 heteroatoms. The predicted molar refractivity (Wildman–Crippen MR) is 142 cm³/mol. The molecule has 7 nitrogen and oxygen atoms in total. The van der Waals surface area contributed by atoms with Gasteiger partial charge in [-0.15, -0.1) is 0 Å². The normalized spacial score (nSPS) is 13.9. The van der Waals surface area contributed by atoms with Crippen LogP contribution in [0.25, 0.3) is 0 Å². The van der Waals surface area contributed by atoms with E-state index >= 15 is 0 Å². The summed E-state index contributed by atoms with van der Waals surface area (Å²) in [6, 6.07) is 20.7. The Kier molecular flexibility index (Phi) is 8.51. The number of carbonyl (C=O) groups excluding carboxylic acids is 1. The number of benzene rings is 3. The summed E-state index contributed by atoms with van der Waals surface area (Å²) >= 11 is 6.19. The van der Waals surface area contributed by atoms with Gasteiger partial charge in [-0.1, -0.05) is 54.1 Å². The van der Waals surface area contributed by atoms with Crippen LogP contribution in [0, 0.1) is 0 Å². The molecule has 3 aromatic rings. The minimum atomic E-state index is -4.07. The maximum absolute atomic E-state index is 13.6. The van der Waals surface area contributed by atoms with Gasteiger partial charge in [0, 0.05) is 18.1 Å². The van der Waals surface area contributed by atoms with E-state index in [1.807, 2.05) is 12.1 Å². The maximum Gasteiger partial charge on any atom is 0.264 e. The van der Waals surface area contributed by atoms with Crippen molar-refractivity contribution < 1.29 is 17.9 Å². The summed E-state index contributed by atoms with van der Waals surface area (Å²) in [6.07, 6.45) is 2.46. The summed E-state index contributed by atoms with van der Waals surface area (Å²) < 4.78 is 33.6. The number of rotatable bonds is 10. The number of carbonyl (C=O) groups is 1. The second kappa shape index (κ2) is 11.8. The van der Waals surface area contributed by atoms with E-state index in [0.29, 0.717) is 17.3 Å². The number of hydrogen-bond acceptors (Lipinski definition) is 5. The van der Waals surface area contributed by atoms with Gasteiger partial charge < -0.3 is 10.1 Å². The smallest absolute Gasteiger partial charge is 0.264 e. The van der Waals surface area contributed by atoms with E-state index in [4.69, 9.17) is 16.3 Å². The largest absolute Gasteiger partial charge is 0.495 e. The van der Waals surface area contributed by atoms with Gasteiger partial charge in [0.05, 0.1) is 17.7 Å². The second-order valence-corrected chi connectivity index (χ2v) is 11.0. The third-order valence-electron chi connectivity index (χ3n) is 6.11. The first kappa shape index (κ1) is 26.0. The molecule has 0 atom stereocenters. The molecule has 0 spiro atoms. The van der Waals surface area contributed by atoms with Crippen molar-refractivity contribution in [2.24, 2.45) is 0 Å². The lowest BCUT2D eigenvalue weighted by molar-refractivity contribution is -0.119. The molecule has 1 N–H and O–H groups in total. The first-order valence-corrected chi connectivity index (χ1v) is 13.7. The molecule has 190 valence electrons. The lowest BCUT2D eigenvalue weighted by Crippen LogP contribution is -2.40. The van der Waals surface area contributed by atoms with E-state index in [0.717, 1.165) is 29.5 Å². The van der Waals surface area contributed by atoms with E-state index in [2.05, 4.69) is 22.3 Å². The van der Waals surface area contributed by atoms with Crippen LogP contribution < -0.4 is 14.4 Å². The zero-order valence-corrected chi connectivity index (χ0v) is 21.8. The molecular weight excluding hydrogens is 498 g/mol. The highest BCUT2D eigenvalue weighted by Crippen LogP contribution is 2.34. The standard InChI is InChI=1S/C27H30ClN3O4S/c1-35-26-13-12-23(28)17-25(26)31(36(33,34)24-10-3-2-4-11-24)20-27(32)29-18-21-8-7-9-22(16-21)19-30-14-5-6-15-30/h2-4,7-13,16-17H,5-6,14-15,18-20H2,1H3,(H,29,32). The van der Waals surface area contributed by atoms with Gasteiger partial charge in [0.15, 0.2) is 0 Å². The Hall–Kier alpha value is -3.07. The number of anilines is 1. The quantitative estimate of drug-likeness (QED) is 0.421. The van der Waals surface area contributed by atoms with Gasteiger partial charge in [-0.3, -0.25) is 14.0 Å². The van der Waals surface area contributed by atoms with E-state index < -0.39 is 22.5 Å². The molecule has 36 heavy (non-hydrogen) atoms. The molecule has 4 rings (SSSR count). The van der Waals surface area contributed by atoms with Crippen LogP contribution >= 0.6 is 11.6 Å². The highest BCUT2D eigenvalue weighted by molar-refractivity contribution is 7.92. The Morgan fingerprint density at radius 2 is 1.72 bits per heavy atom. The molecule has 1 saturated heterocycles. The minimum Gasteiger partial charge on any atom is -0.495 e. The Bertz CT molecular complexity index is 1300. The molecule has 3 aromatic carbocycles. The first-order valence-electron chi connectivity index (χ1n) is 11.8. The molecule has 1 aliphatic rings. The van der Waals surface area contributed by atoms with Crippen molar-refractivity contribution in [3.05, 3.63) is 88.9 Å². The van der Waals surface area contributed by atoms with Crippen molar-refractivity contribution in [3.63, 3.8) is 0 Å². The van der Waals surface area contributed by atoms with Crippen LogP contribution in [0.4, 0.5) is 5.69 Å².